The summed E-state index contributed by atoms with van der Waals surface area (Å²) in [6.45, 7) is 7.22. The first-order valence-corrected chi connectivity index (χ1v) is 8.30. The fraction of sp³-hybridized carbons (Fsp3) is 0.500. The van der Waals surface area contributed by atoms with Crippen LogP contribution in [0.25, 0.3) is 10.9 Å². The number of benzene rings is 1. The number of likely N-dealkylation sites (tertiary alicyclic amines) is 1. The molecule has 2 aliphatic rings. The molecule has 4 heteroatoms. The zero-order valence-corrected chi connectivity index (χ0v) is 13.1. The van der Waals surface area contributed by atoms with Gasteiger partial charge in [0.2, 0.25) is 5.91 Å². The van der Waals surface area contributed by atoms with E-state index in [1.165, 1.54) is 16.5 Å². The highest BCUT2D eigenvalue weighted by molar-refractivity contribution is 5.84. The first-order chi connectivity index (χ1) is 10.7. The number of rotatable bonds is 3. The quantitative estimate of drug-likeness (QED) is 0.943. The molecule has 0 radical (unpaired) electrons. The summed E-state index contributed by atoms with van der Waals surface area (Å²) in [6.07, 6.45) is 3.01. The number of hydrogen-bond donors (Lipinski definition) is 1. The minimum atomic E-state index is 0.227. The Balaban J connectivity index is 1.56. The minimum Gasteiger partial charge on any atom is -0.356 e. The second-order valence-corrected chi connectivity index (χ2v) is 6.68. The number of amides is 1. The van der Waals surface area contributed by atoms with Crippen LogP contribution in [-0.4, -0.2) is 35.0 Å². The lowest BCUT2D eigenvalue weighted by Gasteiger charge is -2.23. The third-order valence-corrected chi connectivity index (χ3v) is 5.27. The number of aromatic nitrogens is 1. The molecule has 1 aromatic carbocycles. The van der Waals surface area contributed by atoms with Gasteiger partial charge in [-0.1, -0.05) is 18.2 Å². The average Bonchev–Trinajstić information content (AvgIpc) is 3.08. The molecule has 4 nitrogen and oxygen atoms in total. The van der Waals surface area contributed by atoms with E-state index in [0.29, 0.717) is 18.3 Å². The van der Waals surface area contributed by atoms with Gasteiger partial charge in [-0.25, -0.2) is 0 Å². The van der Waals surface area contributed by atoms with Crippen molar-refractivity contribution in [2.75, 3.05) is 19.6 Å². The Morgan fingerprint density at radius 1 is 1.23 bits per heavy atom. The van der Waals surface area contributed by atoms with E-state index >= 15 is 0 Å². The van der Waals surface area contributed by atoms with Gasteiger partial charge in [0, 0.05) is 56.2 Å². The van der Waals surface area contributed by atoms with Crippen molar-refractivity contribution in [1.29, 1.82) is 0 Å². The Kier molecular flexibility index (Phi) is 3.41. The van der Waals surface area contributed by atoms with Crippen LogP contribution in [0.4, 0.5) is 0 Å². The molecule has 0 bridgehead atoms. The van der Waals surface area contributed by atoms with Crippen LogP contribution in [0, 0.1) is 11.8 Å². The minimum absolute atomic E-state index is 0.227. The van der Waals surface area contributed by atoms with Gasteiger partial charge in [-0.2, -0.15) is 0 Å². The monoisotopic (exact) mass is 297 g/mol. The maximum absolute atomic E-state index is 11.6. The van der Waals surface area contributed by atoms with E-state index in [-0.39, 0.29) is 5.91 Å². The summed E-state index contributed by atoms with van der Waals surface area (Å²) in [5, 5.41) is 4.38. The molecule has 2 aliphatic heterocycles. The van der Waals surface area contributed by atoms with E-state index in [0.717, 1.165) is 32.7 Å². The maximum atomic E-state index is 11.6. The van der Waals surface area contributed by atoms with Gasteiger partial charge in [-0.05, 0) is 30.4 Å². The molecule has 3 heterocycles. The highest BCUT2D eigenvalue weighted by Gasteiger charge is 2.37. The van der Waals surface area contributed by atoms with Gasteiger partial charge < -0.3 is 9.88 Å². The lowest BCUT2D eigenvalue weighted by Crippen LogP contribution is -2.39. The molecule has 0 spiro atoms. The lowest BCUT2D eigenvalue weighted by atomic mass is 9.89. The summed E-state index contributed by atoms with van der Waals surface area (Å²) in [6, 6.07) is 8.66. The molecule has 1 aromatic heterocycles. The Morgan fingerprint density at radius 2 is 2.05 bits per heavy atom. The van der Waals surface area contributed by atoms with Crippen molar-refractivity contribution in [3.63, 3.8) is 0 Å². The predicted molar refractivity (Wildman–Crippen MR) is 87.5 cm³/mol. The molecule has 2 aromatic rings. The van der Waals surface area contributed by atoms with Gasteiger partial charge >= 0.3 is 0 Å². The fourth-order valence-electron chi connectivity index (χ4n) is 4.13. The molecule has 0 aliphatic carbocycles. The number of carbonyl (C=O) groups excluding carboxylic acids is 1. The highest BCUT2D eigenvalue weighted by atomic mass is 16.1. The van der Waals surface area contributed by atoms with Crippen molar-refractivity contribution >= 4 is 16.8 Å². The standard InChI is InChI=1S/C18H23N3O/c1-2-21-12-15(16-5-3-4-6-17(16)21)11-20-9-13-7-18(22)19-8-14(13)10-20/h3-6,12-14H,2,7-11H2,1H3,(H,19,22)/t13-,14+/m0/s1. The number of hydrogen-bond acceptors (Lipinski definition) is 2. The molecule has 2 fully saturated rings. The molecule has 0 unspecified atom stereocenters. The third kappa shape index (κ3) is 2.31. The second-order valence-electron chi connectivity index (χ2n) is 6.68. The summed E-state index contributed by atoms with van der Waals surface area (Å²) in [5.74, 6) is 1.41. The van der Waals surface area contributed by atoms with Gasteiger partial charge in [-0.15, -0.1) is 0 Å². The molecule has 2 saturated heterocycles. The second kappa shape index (κ2) is 5.43. The number of carbonyl (C=O) groups is 1. The van der Waals surface area contributed by atoms with Crippen molar-refractivity contribution in [2.24, 2.45) is 11.8 Å². The van der Waals surface area contributed by atoms with Gasteiger partial charge in [0.1, 0.15) is 0 Å². The van der Waals surface area contributed by atoms with Crippen molar-refractivity contribution in [2.45, 2.75) is 26.4 Å². The number of piperidine rings is 1. The van der Waals surface area contributed by atoms with E-state index in [4.69, 9.17) is 0 Å². The molecule has 4 rings (SSSR count). The Bertz CT molecular complexity index is 705. The molecule has 22 heavy (non-hydrogen) atoms. The van der Waals surface area contributed by atoms with E-state index in [9.17, 15) is 4.79 Å². The zero-order chi connectivity index (χ0) is 15.1. The van der Waals surface area contributed by atoms with Crippen molar-refractivity contribution in [3.8, 4) is 0 Å². The van der Waals surface area contributed by atoms with Crippen molar-refractivity contribution in [1.82, 2.24) is 14.8 Å². The van der Waals surface area contributed by atoms with Crippen LogP contribution in [0.2, 0.25) is 0 Å². The lowest BCUT2D eigenvalue weighted by molar-refractivity contribution is -0.124. The smallest absolute Gasteiger partial charge is 0.220 e. The number of para-hydroxylation sites is 1. The van der Waals surface area contributed by atoms with Gasteiger partial charge in [0.15, 0.2) is 0 Å². The van der Waals surface area contributed by atoms with Crippen LogP contribution in [0.5, 0.6) is 0 Å². The molecule has 2 atom stereocenters. The molecule has 0 saturated carbocycles. The fourth-order valence-corrected chi connectivity index (χ4v) is 4.13. The summed E-state index contributed by atoms with van der Waals surface area (Å²) in [7, 11) is 0. The summed E-state index contributed by atoms with van der Waals surface area (Å²) in [5.41, 5.74) is 2.74. The first kappa shape index (κ1) is 13.8. The Labute approximate surface area is 131 Å². The average molecular weight is 297 g/mol. The van der Waals surface area contributed by atoms with Crippen LogP contribution in [0.15, 0.2) is 30.5 Å². The predicted octanol–water partition coefficient (Wildman–Crippen LogP) is 2.23. The number of aryl methyl sites for hydroxylation is 1. The molecular weight excluding hydrogens is 274 g/mol. The SMILES string of the molecule is CCn1cc(CN2C[C@H]3CNC(=O)C[C@H]3C2)c2ccccc21. The van der Waals surface area contributed by atoms with Crippen LogP contribution >= 0.6 is 0 Å². The largest absolute Gasteiger partial charge is 0.356 e. The number of fused-ring (bicyclic) bond motifs is 2. The van der Waals surface area contributed by atoms with E-state index in [1.807, 2.05) is 0 Å². The van der Waals surface area contributed by atoms with Gasteiger partial charge in [0.25, 0.3) is 0 Å². The molecular formula is C18H23N3O. The molecule has 1 N–H and O–H groups in total. The van der Waals surface area contributed by atoms with Crippen molar-refractivity contribution < 1.29 is 4.79 Å². The molecule has 1 amide bonds. The Morgan fingerprint density at radius 3 is 2.91 bits per heavy atom. The highest BCUT2D eigenvalue weighted by Crippen LogP contribution is 2.31. The Hall–Kier alpha value is -1.81. The van der Waals surface area contributed by atoms with Crippen LogP contribution in [0.1, 0.15) is 18.9 Å². The van der Waals surface area contributed by atoms with E-state index in [1.54, 1.807) is 0 Å². The number of nitrogens with zero attached hydrogens (tertiary/aromatic N) is 2. The van der Waals surface area contributed by atoms with Crippen LogP contribution < -0.4 is 5.32 Å². The normalized spacial score (nSPS) is 25.4. The summed E-state index contributed by atoms with van der Waals surface area (Å²) >= 11 is 0. The topological polar surface area (TPSA) is 37.3 Å². The maximum Gasteiger partial charge on any atom is 0.220 e. The van der Waals surface area contributed by atoms with Gasteiger partial charge in [-0.3, -0.25) is 9.69 Å². The van der Waals surface area contributed by atoms with E-state index < -0.39 is 0 Å². The first-order valence-electron chi connectivity index (χ1n) is 8.30. The molecule has 116 valence electrons. The zero-order valence-electron chi connectivity index (χ0n) is 13.1. The van der Waals surface area contributed by atoms with E-state index in [2.05, 4.69) is 52.2 Å². The van der Waals surface area contributed by atoms with Crippen LogP contribution in [0.3, 0.4) is 0 Å². The third-order valence-electron chi connectivity index (χ3n) is 5.27. The summed E-state index contributed by atoms with van der Waals surface area (Å²) < 4.78 is 2.33. The number of nitrogens with one attached hydrogen (secondary N) is 1. The van der Waals surface area contributed by atoms with Crippen molar-refractivity contribution in [3.05, 3.63) is 36.0 Å². The van der Waals surface area contributed by atoms with Crippen LogP contribution in [-0.2, 0) is 17.9 Å². The summed E-state index contributed by atoms with van der Waals surface area (Å²) in [4.78, 5) is 14.1. The van der Waals surface area contributed by atoms with Gasteiger partial charge in [0.05, 0.1) is 0 Å².